The van der Waals surface area contributed by atoms with Crippen LogP contribution in [0.15, 0.2) is 18.2 Å². The van der Waals surface area contributed by atoms with E-state index >= 15 is 0 Å². The number of nitrogens with zero attached hydrogens (tertiary/aromatic N) is 1. The molecule has 3 N–H and O–H groups in total. The zero-order chi connectivity index (χ0) is 13.7. The Kier molecular flexibility index (Phi) is 4.91. The summed E-state index contributed by atoms with van der Waals surface area (Å²) in [6, 6.07) is 6.52. The van der Waals surface area contributed by atoms with Gasteiger partial charge in [-0.25, -0.2) is 0 Å². The van der Waals surface area contributed by atoms with Crippen molar-refractivity contribution in [2.24, 2.45) is 0 Å². The average Bonchev–Trinajstić information content (AvgIpc) is 2.42. The minimum Gasteiger partial charge on any atom is -0.491 e. The van der Waals surface area contributed by atoms with E-state index in [1.165, 1.54) is 12.8 Å². The van der Waals surface area contributed by atoms with Crippen molar-refractivity contribution in [3.05, 3.63) is 18.2 Å². The van der Waals surface area contributed by atoms with Crippen LogP contribution in [0.4, 0.5) is 11.4 Å². The number of anilines is 2. The Morgan fingerprint density at radius 1 is 1.37 bits per heavy atom. The van der Waals surface area contributed by atoms with Crippen LogP contribution in [0.25, 0.3) is 0 Å². The second-order valence-corrected chi connectivity index (χ2v) is 5.32. The van der Waals surface area contributed by atoms with E-state index in [1.807, 2.05) is 18.2 Å². The van der Waals surface area contributed by atoms with Gasteiger partial charge in [0.25, 0.3) is 0 Å². The molecule has 1 aromatic carbocycles. The topological polar surface area (TPSA) is 50.5 Å². The van der Waals surface area contributed by atoms with Gasteiger partial charge in [0, 0.05) is 17.8 Å². The van der Waals surface area contributed by atoms with Gasteiger partial charge in [-0.3, -0.25) is 0 Å². The first-order valence-corrected chi connectivity index (χ1v) is 7.16. The lowest BCUT2D eigenvalue weighted by molar-refractivity contribution is 0.264. The zero-order valence-corrected chi connectivity index (χ0v) is 12.0. The third-order valence-corrected chi connectivity index (χ3v) is 3.56. The monoisotopic (exact) mass is 263 g/mol. The second-order valence-electron chi connectivity index (χ2n) is 5.32. The zero-order valence-electron chi connectivity index (χ0n) is 12.0. The van der Waals surface area contributed by atoms with E-state index in [0.717, 1.165) is 30.9 Å². The number of hydrogen-bond acceptors (Lipinski definition) is 4. The molecule has 1 aliphatic rings. The summed E-state index contributed by atoms with van der Waals surface area (Å²) in [6.07, 6.45) is 3.37. The average molecular weight is 263 g/mol. The summed E-state index contributed by atoms with van der Waals surface area (Å²) in [5.41, 5.74) is 7.74. The Morgan fingerprint density at radius 3 is 2.79 bits per heavy atom. The molecule has 0 bridgehead atoms. The number of nitrogens with one attached hydrogen (secondary N) is 1. The lowest BCUT2D eigenvalue weighted by Gasteiger charge is -2.30. The highest BCUT2D eigenvalue weighted by Crippen LogP contribution is 2.27. The third kappa shape index (κ3) is 4.03. The molecule has 0 unspecified atom stereocenters. The van der Waals surface area contributed by atoms with Gasteiger partial charge in [0.05, 0.1) is 12.3 Å². The minimum absolute atomic E-state index is 0.554. The van der Waals surface area contributed by atoms with Gasteiger partial charge in [0.15, 0.2) is 0 Å². The molecule has 0 atom stereocenters. The van der Waals surface area contributed by atoms with E-state index in [9.17, 15) is 0 Å². The Bertz CT molecular complexity index is 400. The molecule has 0 saturated carbocycles. The minimum atomic E-state index is 0.554. The summed E-state index contributed by atoms with van der Waals surface area (Å²) < 4.78 is 5.66. The Balaban J connectivity index is 1.96. The van der Waals surface area contributed by atoms with Gasteiger partial charge in [0.2, 0.25) is 0 Å². The van der Waals surface area contributed by atoms with Gasteiger partial charge >= 0.3 is 0 Å². The number of piperidine rings is 1. The number of benzene rings is 1. The smallest absolute Gasteiger partial charge is 0.144 e. The molecule has 2 rings (SSSR count). The van der Waals surface area contributed by atoms with Crippen LogP contribution in [0.1, 0.15) is 26.2 Å². The summed E-state index contributed by atoms with van der Waals surface area (Å²) in [4.78, 5) is 2.37. The maximum Gasteiger partial charge on any atom is 0.144 e. The lowest BCUT2D eigenvalue weighted by Crippen LogP contribution is -2.36. The lowest BCUT2D eigenvalue weighted by atomic mass is 10.1. The van der Waals surface area contributed by atoms with Crippen molar-refractivity contribution in [1.29, 1.82) is 0 Å². The fraction of sp³-hybridized carbons (Fsp3) is 0.600. The van der Waals surface area contributed by atoms with Crippen molar-refractivity contribution < 1.29 is 4.74 Å². The highest BCUT2D eigenvalue weighted by atomic mass is 16.5. The normalized spacial score (nSPS) is 17.4. The first-order valence-electron chi connectivity index (χ1n) is 7.16. The van der Waals surface area contributed by atoms with Crippen molar-refractivity contribution >= 4 is 11.4 Å². The molecule has 4 nitrogen and oxygen atoms in total. The molecule has 1 aromatic rings. The molecule has 1 fully saturated rings. The molecule has 4 heteroatoms. The molecule has 0 aliphatic carbocycles. The molecule has 1 heterocycles. The third-order valence-electron chi connectivity index (χ3n) is 3.56. The summed E-state index contributed by atoms with van der Waals surface area (Å²) in [7, 11) is 2.18. The van der Waals surface area contributed by atoms with E-state index in [1.54, 1.807) is 0 Å². The molecule has 0 aromatic heterocycles. The van der Waals surface area contributed by atoms with Crippen LogP contribution in [-0.4, -0.2) is 37.7 Å². The van der Waals surface area contributed by atoms with Gasteiger partial charge in [-0.1, -0.05) is 6.92 Å². The number of rotatable bonds is 5. The summed E-state index contributed by atoms with van der Waals surface area (Å²) in [6.45, 7) is 5.12. The van der Waals surface area contributed by atoms with Crippen LogP contribution in [0, 0.1) is 0 Å². The van der Waals surface area contributed by atoms with Crippen LogP contribution >= 0.6 is 0 Å². The van der Waals surface area contributed by atoms with Gasteiger partial charge in [-0.05, 0) is 51.5 Å². The number of nitrogens with two attached hydrogens (primary N) is 1. The van der Waals surface area contributed by atoms with E-state index in [-0.39, 0.29) is 0 Å². The van der Waals surface area contributed by atoms with Crippen LogP contribution in [0.5, 0.6) is 5.75 Å². The largest absolute Gasteiger partial charge is 0.491 e. The summed E-state index contributed by atoms with van der Waals surface area (Å²) in [5.74, 6) is 0.791. The summed E-state index contributed by atoms with van der Waals surface area (Å²) >= 11 is 0. The number of nitrogen functional groups attached to an aromatic ring is 1. The molecule has 0 radical (unpaired) electrons. The predicted octanol–water partition coefficient (Wildman–Crippen LogP) is 2.56. The fourth-order valence-corrected chi connectivity index (χ4v) is 2.35. The van der Waals surface area contributed by atoms with Gasteiger partial charge in [0.1, 0.15) is 5.75 Å². The van der Waals surface area contributed by atoms with Crippen LogP contribution < -0.4 is 15.8 Å². The maximum absolute atomic E-state index is 5.92. The molecular weight excluding hydrogens is 238 g/mol. The first kappa shape index (κ1) is 14.0. The molecule has 106 valence electrons. The van der Waals surface area contributed by atoms with E-state index in [0.29, 0.717) is 18.3 Å². The van der Waals surface area contributed by atoms with Gasteiger partial charge in [-0.2, -0.15) is 0 Å². The fourth-order valence-electron chi connectivity index (χ4n) is 2.35. The quantitative estimate of drug-likeness (QED) is 0.802. The van der Waals surface area contributed by atoms with Crippen LogP contribution in [0.2, 0.25) is 0 Å². The van der Waals surface area contributed by atoms with Crippen molar-refractivity contribution in [2.45, 2.75) is 32.2 Å². The van der Waals surface area contributed by atoms with Crippen molar-refractivity contribution in [2.75, 3.05) is 37.8 Å². The van der Waals surface area contributed by atoms with Crippen molar-refractivity contribution in [3.8, 4) is 5.75 Å². The summed E-state index contributed by atoms with van der Waals surface area (Å²) in [5, 5.41) is 3.58. The molecule has 0 amide bonds. The maximum atomic E-state index is 5.92. The number of ether oxygens (including phenoxy) is 1. The number of hydrogen-bond donors (Lipinski definition) is 2. The molecule has 19 heavy (non-hydrogen) atoms. The SMILES string of the molecule is CCCOc1cc(NC2CCN(C)CC2)ccc1N. The first-order chi connectivity index (χ1) is 9.19. The highest BCUT2D eigenvalue weighted by molar-refractivity contribution is 5.61. The number of likely N-dealkylation sites (tertiary alicyclic amines) is 1. The van der Waals surface area contributed by atoms with Gasteiger partial charge < -0.3 is 20.7 Å². The second kappa shape index (κ2) is 6.66. The highest BCUT2D eigenvalue weighted by Gasteiger charge is 2.16. The van der Waals surface area contributed by atoms with E-state index < -0.39 is 0 Å². The van der Waals surface area contributed by atoms with Gasteiger partial charge in [-0.15, -0.1) is 0 Å². The van der Waals surface area contributed by atoms with E-state index in [2.05, 4.69) is 24.2 Å². The Labute approximate surface area is 115 Å². The molecule has 1 saturated heterocycles. The Morgan fingerprint density at radius 2 is 2.11 bits per heavy atom. The van der Waals surface area contributed by atoms with Crippen LogP contribution in [0.3, 0.4) is 0 Å². The Hall–Kier alpha value is -1.42. The standard InChI is InChI=1S/C15H25N3O/c1-3-10-19-15-11-13(4-5-14(15)16)17-12-6-8-18(2)9-7-12/h4-5,11-12,17H,3,6-10,16H2,1-2H3. The predicted molar refractivity (Wildman–Crippen MR) is 80.8 cm³/mol. The van der Waals surface area contributed by atoms with Crippen molar-refractivity contribution in [1.82, 2.24) is 4.90 Å². The molecular formula is C15H25N3O. The van der Waals surface area contributed by atoms with E-state index in [4.69, 9.17) is 10.5 Å². The van der Waals surface area contributed by atoms with Crippen LogP contribution in [-0.2, 0) is 0 Å². The molecule has 0 spiro atoms. The molecule has 1 aliphatic heterocycles. The van der Waals surface area contributed by atoms with Crippen molar-refractivity contribution in [3.63, 3.8) is 0 Å².